The number of hydrogen-bond acceptors (Lipinski definition) is 4. The summed E-state index contributed by atoms with van der Waals surface area (Å²) < 4.78 is 10.5. The molecule has 0 atom stereocenters. The van der Waals surface area contributed by atoms with Crippen molar-refractivity contribution in [2.45, 2.75) is 26.9 Å². The zero-order valence-electron chi connectivity index (χ0n) is 13.9. The van der Waals surface area contributed by atoms with Gasteiger partial charge in [-0.05, 0) is 45.0 Å². The minimum absolute atomic E-state index is 0.200. The molecule has 0 heterocycles. The zero-order chi connectivity index (χ0) is 16.8. The van der Waals surface area contributed by atoms with Crippen LogP contribution in [0.15, 0.2) is 53.5 Å². The van der Waals surface area contributed by atoms with Gasteiger partial charge in [-0.3, -0.25) is 0 Å². The molecule has 0 saturated heterocycles. The Bertz CT molecular complexity index is 686. The molecule has 0 aliphatic carbocycles. The smallest absolute Gasteiger partial charge is 0.357 e. The fourth-order valence-corrected chi connectivity index (χ4v) is 2.00. The van der Waals surface area contributed by atoms with E-state index in [2.05, 4.69) is 4.99 Å². The highest BCUT2D eigenvalue weighted by Gasteiger charge is 2.17. The first-order valence-corrected chi connectivity index (χ1v) is 7.50. The highest BCUT2D eigenvalue weighted by atomic mass is 16.5. The average Bonchev–Trinajstić information content (AvgIpc) is 2.53. The minimum Gasteiger partial charge on any atom is -0.497 e. The molecule has 0 saturated carbocycles. The summed E-state index contributed by atoms with van der Waals surface area (Å²) in [7, 11) is 1.61. The Hall–Kier alpha value is -2.62. The first-order chi connectivity index (χ1) is 11.0. The van der Waals surface area contributed by atoms with Crippen LogP contribution in [0, 0.1) is 6.92 Å². The average molecular weight is 311 g/mol. The van der Waals surface area contributed by atoms with Crippen LogP contribution in [-0.2, 0) is 9.53 Å². The number of aliphatic imine (C=N–C) groups is 1. The highest BCUT2D eigenvalue weighted by molar-refractivity contribution is 6.43. The molecule has 0 spiro atoms. The maximum Gasteiger partial charge on any atom is 0.357 e. The number of carbonyl (C=O) groups is 1. The van der Waals surface area contributed by atoms with Gasteiger partial charge in [0.15, 0.2) is 5.71 Å². The van der Waals surface area contributed by atoms with Crippen molar-refractivity contribution in [3.05, 3.63) is 59.7 Å². The predicted octanol–water partition coefficient (Wildman–Crippen LogP) is 4.08. The molecule has 0 unspecified atom stereocenters. The van der Waals surface area contributed by atoms with Crippen LogP contribution in [0.3, 0.4) is 0 Å². The number of benzene rings is 2. The third-order valence-electron chi connectivity index (χ3n) is 3.17. The SMILES string of the molecule is COc1ccc(N=C(C(=O)OC(C)C)c2ccc(C)cc2)cc1. The van der Waals surface area contributed by atoms with E-state index in [9.17, 15) is 4.79 Å². The third kappa shape index (κ3) is 4.68. The molecule has 0 amide bonds. The van der Waals surface area contributed by atoms with Crippen LogP contribution < -0.4 is 4.74 Å². The second-order valence-corrected chi connectivity index (χ2v) is 5.48. The van der Waals surface area contributed by atoms with Gasteiger partial charge in [-0.2, -0.15) is 0 Å². The van der Waals surface area contributed by atoms with Crippen LogP contribution in [0.25, 0.3) is 0 Å². The summed E-state index contributed by atoms with van der Waals surface area (Å²) in [6.07, 6.45) is -0.200. The van der Waals surface area contributed by atoms with E-state index in [0.29, 0.717) is 11.4 Å². The number of nitrogens with zero attached hydrogens (tertiary/aromatic N) is 1. The molecule has 0 N–H and O–H groups in total. The predicted molar refractivity (Wildman–Crippen MR) is 91.6 cm³/mol. The van der Waals surface area contributed by atoms with Crippen molar-refractivity contribution in [3.63, 3.8) is 0 Å². The molecular weight excluding hydrogens is 290 g/mol. The molecule has 0 aliphatic rings. The van der Waals surface area contributed by atoms with Gasteiger partial charge in [0, 0.05) is 5.56 Å². The van der Waals surface area contributed by atoms with Gasteiger partial charge in [0.25, 0.3) is 0 Å². The van der Waals surface area contributed by atoms with Crippen LogP contribution in [0.2, 0.25) is 0 Å². The molecule has 0 fully saturated rings. The van der Waals surface area contributed by atoms with E-state index in [4.69, 9.17) is 9.47 Å². The van der Waals surface area contributed by atoms with Crippen molar-refractivity contribution in [1.29, 1.82) is 0 Å². The van der Waals surface area contributed by atoms with Gasteiger partial charge in [-0.15, -0.1) is 0 Å². The molecule has 2 aromatic carbocycles. The Morgan fingerprint density at radius 2 is 1.61 bits per heavy atom. The lowest BCUT2D eigenvalue weighted by molar-refractivity contribution is -0.138. The molecule has 0 aliphatic heterocycles. The Morgan fingerprint density at radius 1 is 1.00 bits per heavy atom. The largest absolute Gasteiger partial charge is 0.497 e. The second-order valence-electron chi connectivity index (χ2n) is 5.48. The summed E-state index contributed by atoms with van der Waals surface area (Å²) in [6.45, 7) is 5.63. The molecular formula is C19H21NO3. The lowest BCUT2D eigenvalue weighted by atomic mass is 10.1. The first kappa shape index (κ1) is 16.7. The van der Waals surface area contributed by atoms with Crippen LogP contribution in [0.1, 0.15) is 25.0 Å². The van der Waals surface area contributed by atoms with E-state index in [-0.39, 0.29) is 6.10 Å². The van der Waals surface area contributed by atoms with Gasteiger partial charge in [0.1, 0.15) is 5.75 Å². The highest BCUT2D eigenvalue weighted by Crippen LogP contribution is 2.19. The maximum atomic E-state index is 12.4. The van der Waals surface area contributed by atoms with Gasteiger partial charge in [-0.25, -0.2) is 9.79 Å². The molecule has 4 heteroatoms. The van der Waals surface area contributed by atoms with Gasteiger partial charge in [0.05, 0.1) is 18.9 Å². The van der Waals surface area contributed by atoms with Crippen molar-refractivity contribution >= 4 is 17.4 Å². The summed E-state index contributed by atoms with van der Waals surface area (Å²) in [5, 5.41) is 0. The van der Waals surface area contributed by atoms with E-state index in [1.807, 2.05) is 45.0 Å². The van der Waals surface area contributed by atoms with E-state index < -0.39 is 5.97 Å². The quantitative estimate of drug-likeness (QED) is 0.617. The summed E-state index contributed by atoms with van der Waals surface area (Å²) in [6, 6.07) is 14.9. The number of hydrogen-bond donors (Lipinski definition) is 0. The minimum atomic E-state index is -0.431. The summed E-state index contributed by atoms with van der Waals surface area (Å²) in [5.74, 6) is 0.310. The normalized spacial score (nSPS) is 11.4. The Balaban J connectivity index is 2.40. The molecule has 0 radical (unpaired) electrons. The van der Waals surface area contributed by atoms with Crippen molar-refractivity contribution in [2.24, 2.45) is 4.99 Å². The van der Waals surface area contributed by atoms with E-state index in [1.54, 1.807) is 31.4 Å². The monoisotopic (exact) mass is 311 g/mol. The molecule has 2 rings (SSSR count). The second kappa shape index (κ2) is 7.58. The molecule has 0 bridgehead atoms. The van der Waals surface area contributed by atoms with Crippen molar-refractivity contribution in [3.8, 4) is 5.75 Å². The van der Waals surface area contributed by atoms with Crippen LogP contribution >= 0.6 is 0 Å². The van der Waals surface area contributed by atoms with E-state index in [1.165, 1.54) is 0 Å². The first-order valence-electron chi connectivity index (χ1n) is 7.50. The lowest BCUT2D eigenvalue weighted by Crippen LogP contribution is -2.22. The Morgan fingerprint density at radius 3 is 2.13 bits per heavy atom. The number of aryl methyl sites for hydroxylation is 1. The number of ether oxygens (including phenoxy) is 2. The molecule has 23 heavy (non-hydrogen) atoms. The standard InChI is InChI=1S/C19H21NO3/c1-13(2)23-19(21)18(15-7-5-14(3)6-8-15)20-16-9-11-17(22-4)12-10-16/h5-13H,1-4H3. The lowest BCUT2D eigenvalue weighted by Gasteiger charge is -2.11. The van der Waals surface area contributed by atoms with Gasteiger partial charge < -0.3 is 9.47 Å². The Labute approximate surface area is 136 Å². The maximum absolute atomic E-state index is 12.4. The fraction of sp³-hybridized carbons (Fsp3) is 0.263. The topological polar surface area (TPSA) is 47.9 Å². The van der Waals surface area contributed by atoms with Gasteiger partial charge in [0.2, 0.25) is 0 Å². The van der Waals surface area contributed by atoms with Crippen molar-refractivity contribution in [2.75, 3.05) is 7.11 Å². The number of carbonyl (C=O) groups excluding carboxylic acids is 1. The molecule has 120 valence electrons. The van der Waals surface area contributed by atoms with Gasteiger partial charge in [-0.1, -0.05) is 29.8 Å². The van der Waals surface area contributed by atoms with Crippen LogP contribution in [0.5, 0.6) is 5.75 Å². The number of methoxy groups -OCH3 is 1. The van der Waals surface area contributed by atoms with E-state index >= 15 is 0 Å². The fourth-order valence-electron chi connectivity index (χ4n) is 2.00. The van der Waals surface area contributed by atoms with Crippen molar-refractivity contribution < 1.29 is 14.3 Å². The molecule has 0 aromatic heterocycles. The van der Waals surface area contributed by atoms with Crippen LogP contribution in [-0.4, -0.2) is 24.9 Å². The summed E-state index contributed by atoms with van der Waals surface area (Å²) >= 11 is 0. The van der Waals surface area contributed by atoms with E-state index in [0.717, 1.165) is 16.9 Å². The number of esters is 1. The van der Waals surface area contributed by atoms with Crippen molar-refractivity contribution in [1.82, 2.24) is 0 Å². The Kier molecular flexibility index (Phi) is 5.52. The van der Waals surface area contributed by atoms with Gasteiger partial charge >= 0.3 is 5.97 Å². The molecule has 2 aromatic rings. The zero-order valence-corrected chi connectivity index (χ0v) is 13.9. The summed E-state index contributed by atoms with van der Waals surface area (Å²) in [4.78, 5) is 16.9. The van der Waals surface area contributed by atoms with Crippen LogP contribution in [0.4, 0.5) is 5.69 Å². The third-order valence-corrected chi connectivity index (χ3v) is 3.17. The molecule has 4 nitrogen and oxygen atoms in total. The summed E-state index contributed by atoms with van der Waals surface area (Å²) in [5.41, 5.74) is 2.82. The number of rotatable bonds is 5.